The lowest BCUT2D eigenvalue weighted by molar-refractivity contribution is 0.174. The van der Waals surface area contributed by atoms with Crippen molar-refractivity contribution in [3.63, 3.8) is 0 Å². The van der Waals surface area contributed by atoms with Gasteiger partial charge in [-0.15, -0.1) is 0 Å². The Balaban J connectivity index is 1.65. The highest BCUT2D eigenvalue weighted by atomic mass is 32.2. The summed E-state index contributed by atoms with van der Waals surface area (Å²) in [6, 6.07) is 16.4. The molecule has 3 aromatic carbocycles. The van der Waals surface area contributed by atoms with E-state index in [2.05, 4.69) is 4.72 Å². The minimum atomic E-state index is -3.68. The summed E-state index contributed by atoms with van der Waals surface area (Å²) >= 11 is 0. The van der Waals surface area contributed by atoms with Crippen LogP contribution >= 0.6 is 0 Å². The summed E-state index contributed by atoms with van der Waals surface area (Å²) in [6.07, 6.45) is 0. The molecular formula is C20H20N2O4S. The van der Waals surface area contributed by atoms with Crippen molar-refractivity contribution < 1.29 is 17.9 Å². The van der Waals surface area contributed by atoms with Gasteiger partial charge in [-0.2, -0.15) is 0 Å². The highest BCUT2D eigenvalue weighted by molar-refractivity contribution is 7.89. The Labute approximate surface area is 158 Å². The largest absolute Gasteiger partial charge is 0.454 e. The maximum Gasteiger partial charge on any atom is 0.241 e. The van der Waals surface area contributed by atoms with Crippen LogP contribution in [0.1, 0.15) is 5.56 Å². The zero-order chi connectivity index (χ0) is 19.0. The van der Waals surface area contributed by atoms with Crippen LogP contribution in [0.2, 0.25) is 0 Å². The van der Waals surface area contributed by atoms with Gasteiger partial charge in [0.1, 0.15) is 0 Å². The quantitative estimate of drug-likeness (QED) is 0.732. The molecule has 0 saturated heterocycles. The smallest absolute Gasteiger partial charge is 0.241 e. The molecule has 1 aliphatic heterocycles. The van der Waals surface area contributed by atoms with E-state index in [0.717, 1.165) is 16.6 Å². The maximum absolute atomic E-state index is 13.0. The Morgan fingerprint density at radius 1 is 0.963 bits per heavy atom. The Bertz CT molecular complexity index is 1110. The Hall–Kier alpha value is -2.77. The number of ether oxygens (including phenoxy) is 2. The average molecular weight is 384 g/mol. The number of sulfonamides is 1. The summed E-state index contributed by atoms with van der Waals surface area (Å²) < 4.78 is 39.2. The third-order valence-corrected chi connectivity index (χ3v) is 5.99. The second-order valence-corrected chi connectivity index (χ2v) is 8.27. The topological polar surface area (TPSA) is 67.9 Å². The van der Waals surface area contributed by atoms with Crippen LogP contribution in [0.25, 0.3) is 10.8 Å². The summed E-state index contributed by atoms with van der Waals surface area (Å²) in [4.78, 5) is 2.24. The summed E-state index contributed by atoms with van der Waals surface area (Å²) in [5, 5.41) is 1.59. The van der Waals surface area contributed by atoms with E-state index in [4.69, 9.17) is 9.47 Å². The minimum absolute atomic E-state index is 0.169. The van der Waals surface area contributed by atoms with Gasteiger partial charge in [0.05, 0.1) is 4.90 Å². The number of hydrogen-bond donors (Lipinski definition) is 1. The number of hydrogen-bond acceptors (Lipinski definition) is 5. The molecule has 1 aliphatic rings. The Kier molecular flexibility index (Phi) is 4.41. The molecule has 7 heteroatoms. The molecule has 1 N–H and O–H groups in total. The zero-order valence-corrected chi connectivity index (χ0v) is 15.9. The molecule has 0 aromatic heterocycles. The molecule has 0 amide bonds. The van der Waals surface area contributed by atoms with Gasteiger partial charge < -0.3 is 14.4 Å². The fourth-order valence-electron chi connectivity index (χ4n) is 3.20. The summed E-state index contributed by atoms with van der Waals surface area (Å²) in [7, 11) is 0.194. The van der Waals surface area contributed by atoms with Crippen molar-refractivity contribution in [2.24, 2.45) is 0 Å². The van der Waals surface area contributed by atoms with Crippen molar-refractivity contribution in [3.8, 4) is 11.5 Å². The van der Waals surface area contributed by atoms with Gasteiger partial charge in [0, 0.05) is 37.1 Å². The SMILES string of the molecule is CN(C)c1cccc2c(S(=O)(=O)NCc3ccc4c(c3)OCO4)cccc12. The van der Waals surface area contributed by atoms with Gasteiger partial charge >= 0.3 is 0 Å². The molecule has 1 heterocycles. The van der Waals surface area contributed by atoms with Crippen LogP contribution < -0.4 is 19.1 Å². The van der Waals surface area contributed by atoms with Gasteiger partial charge in [0.25, 0.3) is 0 Å². The van der Waals surface area contributed by atoms with E-state index in [1.54, 1.807) is 24.3 Å². The maximum atomic E-state index is 13.0. The minimum Gasteiger partial charge on any atom is -0.454 e. The molecule has 4 rings (SSSR count). The predicted molar refractivity (Wildman–Crippen MR) is 105 cm³/mol. The van der Waals surface area contributed by atoms with E-state index in [-0.39, 0.29) is 18.2 Å². The Morgan fingerprint density at radius 2 is 1.70 bits per heavy atom. The van der Waals surface area contributed by atoms with Crippen LogP contribution in [0.3, 0.4) is 0 Å². The van der Waals surface area contributed by atoms with Crippen molar-refractivity contribution in [2.75, 3.05) is 25.8 Å². The lowest BCUT2D eigenvalue weighted by Gasteiger charge is -2.17. The number of anilines is 1. The van der Waals surface area contributed by atoms with E-state index in [0.29, 0.717) is 16.9 Å². The fourth-order valence-corrected chi connectivity index (χ4v) is 4.43. The van der Waals surface area contributed by atoms with Crippen molar-refractivity contribution >= 4 is 26.5 Å². The zero-order valence-electron chi connectivity index (χ0n) is 15.1. The monoisotopic (exact) mass is 384 g/mol. The van der Waals surface area contributed by atoms with Gasteiger partial charge in [-0.05, 0) is 29.8 Å². The number of rotatable bonds is 5. The highest BCUT2D eigenvalue weighted by Gasteiger charge is 2.19. The molecule has 140 valence electrons. The molecule has 3 aromatic rings. The molecule has 0 bridgehead atoms. The lowest BCUT2D eigenvalue weighted by Crippen LogP contribution is -2.23. The van der Waals surface area contributed by atoms with Crippen molar-refractivity contribution in [2.45, 2.75) is 11.4 Å². The van der Waals surface area contributed by atoms with Crippen molar-refractivity contribution in [3.05, 3.63) is 60.2 Å². The molecule has 0 saturated carbocycles. The average Bonchev–Trinajstić information content (AvgIpc) is 3.13. The van der Waals surface area contributed by atoms with Crippen LogP contribution in [-0.4, -0.2) is 29.3 Å². The first-order valence-electron chi connectivity index (χ1n) is 8.53. The van der Waals surface area contributed by atoms with E-state index >= 15 is 0 Å². The number of benzene rings is 3. The van der Waals surface area contributed by atoms with Gasteiger partial charge in [-0.1, -0.05) is 30.3 Å². The number of nitrogens with one attached hydrogen (secondary N) is 1. The molecule has 0 atom stereocenters. The standard InChI is InChI=1S/C20H20N2O4S/c1-22(2)17-7-3-6-16-15(17)5-4-8-20(16)27(23,24)21-12-14-9-10-18-19(11-14)26-13-25-18/h3-11,21H,12-13H2,1-2H3. The van der Waals surface area contributed by atoms with Gasteiger partial charge in [-0.25, -0.2) is 13.1 Å². The second-order valence-electron chi connectivity index (χ2n) is 6.54. The summed E-state index contributed by atoms with van der Waals surface area (Å²) in [5.41, 5.74) is 1.78. The third kappa shape index (κ3) is 3.31. The molecule has 27 heavy (non-hydrogen) atoms. The van der Waals surface area contributed by atoms with E-state index in [1.807, 2.05) is 49.3 Å². The highest BCUT2D eigenvalue weighted by Crippen LogP contribution is 2.33. The second kappa shape index (κ2) is 6.75. The summed E-state index contributed by atoms with van der Waals surface area (Å²) in [5.74, 6) is 1.30. The molecule has 0 radical (unpaired) electrons. The molecule has 0 fully saturated rings. The van der Waals surface area contributed by atoms with Gasteiger partial charge in [0.15, 0.2) is 11.5 Å². The number of nitrogens with zero attached hydrogens (tertiary/aromatic N) is 1. The van der Waals surface area contributed by atoms with Crippen molar-refractivity contribution in [1.82, 2.24) is 4.72 Å². The Morgan fingerprint density at radius 3 is 2.52 bits per heavy atom. The van der Waals surface area contributed by atoms with E-state index in [1.165, 1.54) is 0 Å². The number of fused-ring (bicyclic) bond motifs is 2. The molecule has 0 unspecified atom stereocenters. The lowest BCUT2D eigenvalue weighted by atomic mass is 10.1. The molecular weight excluding hydrogens is 364 g/mol. The van der Waals surface area contributed by atoms with Crippen molar-refractivity contribution in [1.29, 1.82) is 0 Å². The normalized spacial score (nSPS) is 13.1. The van der Waals surface area contributed by atoms with E-state index in [9.17, 15) is 8.42 Å². The third-order valence-electron chi connectivity index (χ3n) is 4.53. The van der Waals surface area contributed by atoms with Crippen LogP contribution in [0.15, 0.2) is 59.5 Å². The first-order chi connectivity index (χ1) is 13.0. The van der Waals surface area contributed by atoms with Crippen LogP contribution in [0.4, 0.5) is 5.69 Å². The summed E-state index contributed by atoms with van der Waals surface area (Å²) in [6.45, 7) is 0.359. The van der Waals surface area contributed by atoms with Gasteiger partial charge in [0.2, 0.25) is 16.8 Å². The molecule has 0 spiro atoms. The first-order valence-corrected chi connectivity index (χ1v) is 10.0. The first kappa shape index (κ1) is 17.6. The predicted octanol–water partition coefficient (Wildman–Crippen LogP) is 3.11. The van der Waals surface area contributed by atoms with Crippen LogP contribution in [0.5, 0.6) is 11.5 Å². The fraction of sp³-hybridized carbons (Fsp3) is 0.200. The van der Waals surface area contributed by atoms with Gasteiger partial charge in [-0.3, -0.25) is 0 Å². The van der Waals surface area contributed by atoms with Crippen LogP contribution in [-0.2, 0) is 16.6 Å². The molecule has 0 aliphatic carbocycles. The van der Waals surface area contributed by atoms with Crippen LogP contribution in [0, 0.1) is 0 Å². The molecule has 6 nitrogen and oxygen atoms in total. The van der Waals surface area contributed by atoms with E-state index < -0.39 is 10.0 Å².